The summed E-state index contributed by atoms with van der Waals surface area (Å²) in [4.78, 5) is 12.4. The van der Waals surface area contributed by atoms with Gasteiger partial charge in [0.25, 0.3) is 0 Å². The maximum absolute atomic E-state index is 5.49. The van der Waals surface area contributed by atoms with Gasteiger partial charge in [0, 0.05) is 6.54 Å². The van der Waals surface area contributed by atoms with E-state index in [-0.39, 0.29) is 18.1 Å². The Bertz CT molecular complexity index is 396. The number of hydrogen-bond acceptors (Lipinski definition) is 6. The predicted octanol–water partition coefficient (Wildman–Crippen LogP) is 2.44. The molecule has 0 atom stereocenters. The smallest absolute Gasteiger partial charge is 0.324 e. The number of nitrogens with zero attached hydrogens (tertiary/aromatic N) is 3. The lowest BCUT2D eigenvalue weighted by Crippen LogP contribution is -2.13. The second-order valence-electron chi connectivity index (χ2n) is 4.20. The molecule has 106 valence electrons. The third kappa shape index (κ3) is 6.03. The van der Waals surface area contributed by atoms with Gasteiger partial charge in [0.1, 0.15) is 0 Å². The number of allylic oxidation sites excluding steroid dienone is 1. The first-order chi connectivity index (χ1) is 9.15. The highest BCUT2D eigenvalue weighted by molar-refractivity contribution is 5.27. The largest absolute Gasteiger partial charge is 0.463 e. The van der Waals surface area contributed by atoms with Gasteiger partial charge in [-0.1, -0.05) is 6.08 Å². The van der Waals surface area contributed by atoms with Crippen LogP contribution in [0.15, 0.2) is 12.7 Å². The van der Waals surface area contributed by atoms with Crippen molar-refractivity contribution in [1.29, 1.82) is 0 Å². The number of anilines is 1. The molecule has 0 fully saturated rings. The molecule has 6 nitrogen and oxygen atoms in total. The van der Waals surface area contributed by atoms with E-state index in [4.69, 9.17) is 9.47 Å². The fraction of sp³-hybridized carbons (Fsp3) is 0.615. The van der Waals surface area contributed by atoms with Gasteiger partial charge < -0.3 is 14.8 Å². The van der Waals surface area contributed by atoms with Crippen LogP contribution in [0.4, 0.5) is 5.95 Å². The Morgan fingerprint density at radius 3 is 2.63 bits per heavy atom. The standard InChI is InChI=1S/C13H22N4O2/c1-5-7-8-9-18-12-15-11(14-6-2)16-13(17-12)19-10(3)4/h5,10H,1,6-9H2,2-4H3,(H,14,15,16,17). The van der Waals surface area contributed by atoms with Gasteiger partial charge in [-0.15, -0.1) is 11.6 Å². The van der Waals surface area contributed by atoms with Gasteiger partial charge in [0.15, 0.2) is 0 Å². The minimum atomic E-state index is 0.00509. The molecule has 1 aromatic heterocycles. The van der Waals surface area contributed by atoms with Crippen molar-refractivity contribution in [2.45, 2.75) is 39.7 Å². The van der Waals surface area contributed by atoms with Crippen LogP contribution in [0.25, 0.3) is 0 Å². The highest BCUT2D eigenvalue weighted by Crippen LogP contribution is 2.14. The summed E-state index contributed by atoms with van der Waals surface area (Å²) < 4.78 is 11.0. The summed E-state index contributed by atoms with van der Waals surface area (Å²) in [5, 5.41) is 3.02. The lowest BCUT2D eigenvalue weighted by molar-refractivity contribution is 0.213. The van der Waals surface area contributed by atoms with Gasteiger partial charge in [-0.25, -0.2) is 0 Å². The number of unbranched alkanes of at least 4 members (excludes halogenated alkanes) is 1. The molecule has 0 spiro atoms. The summed E-state index contributed by atoms with van der Waals surface area (Å²) in [6.45, 7) is 10.7. The Balaban J connectivity index is 2.71. The fourth-order valence-corrected chi connectivity index (χ4v) is 1.29. The quantitative estimate of drug-likeness (QED) is 0.547. The van der Waals surface area contributed by atoms with Gasteiger partial charge in [-0.3, -0.25) is 0 Å². The second kappa shape index (κ2) is 8.29. The summed E-state index contributed by atoms with van der Waals surface area (Å²) in [6.07, 6.45) is 3.64. The number of rotatable bonds is 9. The molecule has 1 aromatic rings. The molecule has 0 aromatic carbocycles. The molecule has 6 heteroatoms. The first kappa shape index (κ1) is 15.2. The third-order valence-electron chi connectivity index (χ3n) is 2.05. The third-order valence-corrected chi connectivity index (χ3v) is 2.05. The maximum atomic E-state index is 5.49. The minimum Gasteiger partial charge on any atom is -0.463 e. The zero-order valence-corrected chi connectivity index (χ0v) is 11.8. The molecule has 1 N–H and O–H groups in total. The normalized spacial score (nSPS) is 10.3. The molecule has 0 amide bonds. The zero-order chi connectivity index (χ0) is 14.1. The lowest BCUT2D eigenvalue weighted by Gasteiger charge is -2.11. The van der Waals surface area contributed by atoms with E-state index in [1.54, 1.807) is 0 Å². The van der Waals surface area contributed by atoms with E-state index < -0.39 is 0 Å². The molecule has 0 saturated carbocycles. The number of hydrogen-bond donors (Lipinski definition) is 1. The van der Waals surface area contributed by atoms with Crippen molar-refractivity contribution in [3.8, 4) is 12.0 Å². The second-order valence-corrected chi connectivity index (χ2v) is 4.20. The fourth-order valence-electron chi connectivity index (χ4n) is 1.29. The van der Waals surface area contributed by atoms with Gasteiger partial charge in [-0.2, -0.15) is 9.97 Å². The molecule has 0 unspecified atom stereocenters. The molecule has 0 radical (unpaired) electrons. The highest BCUT2D eigenvalue weighted by Gasteiger charge is 2.09. The highest BCUT2D eigenvalue weighted by atomic mass is 16.5. The molecule has 0 aliphatic rings. The zero-order valence-electron chi connectivity index (χ0n) is 11.8. The van der Waals surface area contributed by atoms with Crippen LogP contribution in [-0.4, -0.2) is 34.2 Å². The Labute approximate surface area is 114 Å². The van der Waals surface area contributed by atoms with Crippen molar-refractivity contribution in [3.63, 3.8) is 0 Å². The van der Waals surface area contributed by atoms with Gasteiger partial charge in [0.05, 0.1) is 12.7 Å². The van der Waals surface area contributed by atoms with Crippen LogP contribution in [0.3, 0.4) is 0 Å². The Hall–Kier alpha value is -1.85. The summed E-state index contributed by atoms with van der Waals surface area (Å²) >= 11 is 0. The molecule has 1 rings (SSSR count). The predicted molar refractivity (Wildman–Crippen MR) is 74.7 cm³/mol. The molecule has 0 bridgehead atoms. The van der Waals surface area contributed by atoms with Crippen LogP contribution in [0.2, 0.25) is 0 Å². The first-order valence-electron chi connectivity index (χ1n) is 6.56. The van der Waals surface area contributed by atoms with E-state index in [0.29, 0.717) is 12.6 Å². The topological polar surface area (TPSA) is 69.2 Å². The Kier molecular flexibility index (Phi) is 6.63. The van der Waals surface area contributed by atoms with E-state index in [0.717, 1.165) is 19.4 Å². The number of aromatic nitrogens is 3. The van der Waals surface area contributed by atoms with Crippen molar-refractivity contribution >= 4 is 5.95 Å². The van der Waals surface area contributed by atoms with Crippen LogP contribution in [0, 0.1) is 0 Å². The van der Waals surface area contributed by atoms with Crippen molar-refractivity contribution in [1.82, 2.24) is 15.0 Å². The lowest BCUT2D eigenvalue weighted by atomic mass is 10.3. The summed E-state index contributed by atoms with van der Waals surface area (Å²) in [6, 6.07) is 0.560. The molecule has 19 heavy (non-hydrogen) atoms. The summed E-state index contributed by atoms with van der Waals surface area (Å²) in [5.74, 6) is 0.465. The van der Waals surface area contributed by atoms with E-state index in [9.17, 15) is 0 Å². The van der Waals surface area contributed by atoms with Gasteiger partial charge >= 0.3 is 12.0 Å². The van der Waals surface area contributed by atoms with Crippen LogP contribution < -0.4 is 14.8 Å². The SMILES string of the molecule is C=CCCCOc1nc(NCC)nc(OC(C)C)n1. The van der Waals surface area contributed by atoms with Gasteiger partial charge in [0.2, 0.25) is 5.95 Å². The molecular formula is C13H22N4O2. The van der Waals surface area contributed by atoms with E-state index in [1.807, 2.05) is 26.8 Å². The van der Waals surface area contributed by atoms with Crippen LogP contribution in [-0.2, 0) is 0 Å². The van der Waals surface area contributed by atoms with Crippen LogP contribution in [0.1, 0.15) is 33.6 Å². The molecule has 0 aliphatic heterocycles. The average Bonchev–Trinajstić information content (AvgIpc) is 2.34. The summed E-state index contributed by atoms with van der Waals surface area (Å²) in [5.41, 5.74) is 0. The average molecular weight is 266 g/mol. The van der Waals surface area contributed by atoms with Crippen molar-refractivity contribution in [2.75, 3.05) is 18.5 Å². The van der Waals surface area contributed by atoms with E-state index in [1.165, 1.54) is 0 Å². The molecule has 1 heterocycles. The van der Waals surface area contributed by atoms with E-state index in [2.05, 4.69) is 26.8 Å². The molecule has 0 aliphatic carbocycles. The van der Waals surface area contributed by atoms with Gasteiger partial charge in [-0.05, 0) is 33.6 Å². The number of nitrogens with one attached hydrogen (secondary N) is 1. The van der Waals surface area contributed by atoms with Crippen LogP contribution in [0.5, 0.6) is 12.0 Å². The van der Waals surface area contributed by atoms with Crippen LogP contribution >= 0.6 is 0 Å². The molecule has 0 saturated heterocycles. The number of ether oxygens (including phenoxy) is 2. The van der Waals surface area contributed by atoms with Crippen molar-refractivity contribution in [2.24, 2.45) is 0 Å². The Morgan fingerprint density at radius 2 is 2.00 bits per heavy atom. The van der Waals surface area contributed by atoms with Crippen molar-refractivity contribution < 1.29 is 9.47 Å². The van der Waals surface area contributed by atoms with E-state index >= 15 is 0 Å². The Morgan fingerprint density at radius 1 is 1.26 bits per heavy atom. The first-order valence-corrected chi connectivity index (χ1v) is 6.56. The minimum absolute atomic E-state index is 0.00509. The maximum Gasteiger partial charge on any atom is 0.324 e. The molecular weight excluding hydrogens is 244 g/mol. The summed E-state index contributed by atoms with van der Waals surface area (Å²) in [7, 11) is 0. The van der Waals surface area contributed by atoms with Crippen molar-refractivity contribution in [3.05, 3.63) is 12.7 Å². The monoisotopic (exact) mass is 266 g/mol.